The molecule has 0 aromatic heterocycles. The molecule has 0 aliphatic rings. The third kappa shape index (κ3) is 11.3. The van der Waals surface area contributed by atoms with Crippen LogP contribution in [0.15, 0.2) is 0 Å². The van der Waals surface area contributed by atoms with Crippen molar-refractivity contribution in [2.24, 2.45) is 0 Å². The molecule has 0 radical (unpaired) electrons. The second-order valence-corrected chi connectivity index (χ2v) is 3.36. The number of hydrogen-bond donors (Lipinski definition) is 1. The van der Waals surface area contributed by atoms with E-state index in [-0.39, 0.29) is 45.9 Å². The molecule has 0 aliphatic heterocycles. The largest absolute Gasteiger partial charge is 0.476 e. The Hall–Kier alpha value is -1.54. The molecule has 0 saturated heterocycles. The van der Waals surface area contributed by atoms with Crippen molar-refractivity contribution in [3.8, 4) is 0 Å². The van der Waals surface area contributed by atoms with Gasteiger partial charge in [0.15, 0.2) is 0 Å². The molecule has 0 spiro atoms. The van der Waals surface area contributed by atoms with Gasteiger partial charge in [0.1, 0.15) is 13.3 Å². The van der Waals surface area contributed by atoms with Crippen LogP contribution >= 0.6 is 0 Å². The van der Waals surface area contributed by atoms with Gasteiger partial charge in [0.05, 0.1) is 32.8 Å². The Balaban J connectivity index is 3.34. The lowest BCUT2D eigenvalue weighted by atomic mass is 10.2. The Kier molecular flexibility index (Phi) is 10.6. The van der Waals surface area contributed by atoms with Crippen molar-refractivity contribution in [3.05, 3.63) is 0 Å². The lowest BCUT2D eigenvalue weighted by molar-refractivity contribution is -0.151. The first kappa shape index (κ1) is 17.5. The van der Waals surface area contributed by atoms with Crippen molar-refractivity contribution in [1.82, 2.24) is 0 Å². The van der Waals surface area contributed by atoms with Crippen LogP contribution in [0.4, 0.5) is 4.39 Å². The number of ketones is 1. The third-order valence-electron chi connectivity index (χ3n) is 1.88. The molecule has 0 aromatic rings. The fraction of sp³-hybridized carbons (Fsp3) is 0.727. The standard InChI is InChI=1S/C11H17FO7/c12-3-4-17-5-6-18-7-8-19-10(14)2-1-9(13)11(15)16/h1-8H2,(H,15,16). The van der Waals surface area contributed by atoms with Gasteiger partial charge >= 0.3 is 11.9 Å². The highest BCUT2D eigenvalue weighted by atomic mass is 19.1. The van der Waals surface area contributed by atoms with Gasteiger partial charge < -0.3 is 19.3 Å². The summed E-state index contributed by atoms with van der Waals surface area (Å²) in [4.78, 5) is 31.9. The molecule has 0 aromatic carbocycles. The van der Waals surface area contributed by atoms with Gasteiger partial charge in [-0.2, -0.15) is 0 Å². The molecule has 0 aliphatic carbocycles. The number of halogens is 1. The molecular formula is C11H17FO7. The normalized spacial score (nSPS) is 10.2. The van der Waals surface area contributed by atoms with E-state index in [0.717, 1.165) is 0 Å². The second kappa shape index (κ2) is 11.5. The molecule has 1 N–H and O–H groups in total. The van der Waals surface area contributed by atoms with Gasteiger partial charge in [-0.05, 0) is 0 Å². The number of rotatable bonds is 12. The average Bonchev–Trinajstić information content (AvgIpc) is 2.38. The summed E-state index contributed by atoms with van der Waals surface area (Å²) in [5, 5.41) is 8.27. The van der Waals surface area contributed by atoms with E-state index in [0.29, 0.717) is 0 Å². The van der Waals surface area contributed by atoms with Gasteiger partial charge in [0.2, 0.25) is 5.78 Å². The first-order valence-corrected chi connectivity index (χ1v) is 5.71. The number of hydrogen-bond acceptors (Lipinski definition) is 6. The fourth-order valence-corrected chi connectivity index (χ4v) is 0.986. The number of carboxylic acid groups (broad SMARTS) is 1. The van der Waals surface area contributed by atoms with Crippen molar-refractivity contribution in [2.45, 2.75) is 12.8 Å². The topological polar surface area (TPSA) is 99.1 Å². The third-order valence-corrected chi connectivity index (χ3v) is 1.88. The molecule has 0 bridgehead atoms. The Bertz CT molecular complexity index is 293. The quantitative estimate of drug-likeness (QED) is 0.304. The zero-order chi connectivity index (χ0) is 14.5. The first-order chi connectivity index (χ1) is 9.07. The summed E-state index contributed by atoms with van der Waals surface area (Å²) in [5.74, 6) is -3.26. The molecule has 110 valence electrons. The zero-order valence-electron chi connectivity index (χ0n) is 10.4. The maximum Gasteiger partial charge on any atom is 0.372 e. The van der Waals surface area contributed by atoms with Crippen LogP contribution in [0.1, 0.15) is 12.8 Å². The van der Waals surface area contributed by atoms with Crippen LogP contribution in [0, 0.1) is 0 Å². The van der Waals surface area contributed by atoms with Crippen molar-refractivity contribution < 1.29 is 38.1 Å². The van der Waals surface area contributed by atoms with E-state index in [4.69, 9.17) is 14.6 Å². The van der Waals surface area contributed by atoms with Crippen molar-refractivity contribution in [1.29, 1.82) is 0 Å². The number of carbonyl (C=O) groups is 3. The summed E-state index contributed by atoms with van der Waals surface area (Å²) in [6.45, 7) is 0.142. The smallest absolute Gasteiger partial charge is 0.372 e. The number of ether oxygens (including phenoxy) is 3. The second-order valence-electron chi connectivity index (χ2n) is 3.36. The highest BCUT2D eigenvalue weighted by molar-refractivity contribution is 6.32. The highest BCUT2D eigenvalue weighted by Crippen LogP contribution is 1.95. The van der Waals surface area contributed by atoms with Crippen molar-refractivity contribution in [2.75, 3.05) is 39.7 Å². The van der Waals surface area contributed by atoms with Crippen LogP contribution < -0.4 is 0 Å². The van der Waals surface area contributed by atoms with Crippen LogP contribution in [0.3, 0.4) is 0 Å². The molecular weight excluding hydrogens is 263 g/mol. The summed E-state index contributed by atoms with van der Waals surface area (Å²) in [5.41, 5.74) is 0. The molecule has 0 unspecified atom stereocenters. The van der Waals surface area contributed by atoms with Crippen LogP contribution in [-0.2, 0) is 28.6 Å². The molecule has 8 heteroatoms. The van der Waals surface area contributed by atoms with E-state index in [1.54, 1.807) is 0 Å². The van der Waals surface area contributed by atoms with Gasteiger partial charge in [-0.25, -0.2) is 9.18 Å². The monoisotopic (exact) mass is 280 g/mol. The fourth-order valence-electron chi connectivity index (χ4n) is 0.986. The molecule has 0 rings (SSSR count). The van der Waals surface area contributed by atoms with E-state index < -0.39 is 24.4 Å². The molecule has 0 fully saturated rings. The van der Waals surface area contributed by atoms with E-state index in [1.165, 1.54) is 0 Å². The van der Waals surface area contributed by atoms with Gasteiger partial charge in [0.25, 0.3) is 0 Å². The molecule has 0 atom stereocenters. The molecule has 0 amide bonds. The van der Waals surface area contributed by atoms with E-state index in [2.05, 4.69) is 4.74 Å². The Morgan fingerprint density at radius 2 is 1.47 bits per heavy atom. The van der Waals surface area contributed by atoms with Crippen molar-refractivity contribution >= 4 is 17.7 Å². The maximum absolute atomic E-state index is 11.6. The summed E-state index contributed by atoms with van der Waals surface area (Å²) < 4.78 is 26.1. The van der Waals surface area contributed by atoms with Gasteiger partial charge in [-0.15, -0.1) is 0 Å². The van der Waals surface area contributed by atoms with Gasteiger partial charge in [-0.3, -0.25) is 9.59 Å². The number of esters is 1. The number of alkyl halides is 1. The Morgan fingerprint density at radius 3 is 2.05 bits per heavy atom. The minimum absolute atomic E-state index is 0.00318. The SMILES string of the molecule is O=C(CCC(=O)C(=O)O)OCCOCCOCCF. The summed E-state index contributed by atoms with van der Waals surface area (Å²) >= 11 is 0. The molecule has 0 heterocycles. The molecule has 19 heavy (non-hydrogen) atoms. The summed E-state index contributed by atoms with van der Waals surface area (Å²) in [7, 11) is 0. The molecule has 0 saturated carbocycles. The number of carbonyl (C=O) groups excluding carboxylic acids is 2. The van der Waals surface area contributed by atoms with Gasteiger partial charge in [0, 0.05) is 6.42 Å². The number of aliphatic carboxylic acids is 1. The Labute approximate surface area is 109 Å². The average molecular weight is 280 g/mol. The van der Waals surface area contributed by atoms with Crippen LogP contribution in [0.2, 0.25) is 0 Å². The van der Waals surface area contributed by atoms with E-state index in [1.807, 2.05) is 0 Å². The minimum Gasteiger partial charge on any atom is -0.476 e. The van der Waals surface area contributed by atoms with Crippen LogP contribution in [-0.4, -0.2) is 62.5 Å². The lowest BCUT2D eigenvalue weighted by Crippen LogP contribution is -2.17. The minimum atomic E-state index is -1.57. The van der Waals surface area contributed by atoms with Gasteiger partial charge in [-0.1, -0.05) is 0 Å². The highest BCUT2D eigenvalue weighted by Gasteiger charge is 2.13. The maximum atomic E-state index is 11.6. The van der Waals surface area contributed by atoms with Crippen LogP contribution in [0.25, 0.3) is 0 Å². The Morgan fingerprint density at radius 1 is 0.895 bits per heavy atom. The van der Waals surface area contributed by atoms with E-state index in [9.17, 15) is 18.8 Å². The first-order valence-electron chi connectivity index (χ1n) is 5.71. The summed E-state index contributed by atoms with van der Waals surface area (Å²) in [6, 6.07) is 0. The molecule has 7 nitrogen and oxygen atoms in total. The van der Waals surface area contributed by atoms with E-state index >= 15 is 0 Å². The van der Waals surface area contributed by atoms with Crippen LogP contribution in [0.5, 0.6) is 0 Å². The zero-order valence-corrected chi connectivity index (χ0v) is 10.4. The number of carboxylic acids is 1. The number of Topliss-reactive ketones (excluding diaryl/α,β-unsaturated/α-hetero) is 1. The van der Waals surface area contributed by atoms with Crippen molar-refractivity contribution in [3.63, 3.8) is 0 Å². The lowest BCUT2D eigenvalue weighted by Gasteiger charge is -2.05. The predicted molar refractivity (Wildman–Crippen MR) is 60.4 cm³/mol. The summed E-state index contributed by atoms with van der Waals surface area (Å²) in [6.07, 6.45) is -0.656. The predicted octanol–water partition coefficient (Wildman–Crippen LogP) is -0.0338.